The molecule has 0 atom stereocenters. The van der Waals surface area contributed by atoms with Crippen LogP contribution in [0.2, 0.25) is 0 Å². The smallest absolute Gasteiger partial charge is 0.407 e. The largest absolute Gasteiger partial charge is 0.444 e. The third-order valence-corrected chi connectivity index (χ3v) is 5.24. The van der Waals surface area contributed by atoms with Gasteiger partial charge in [0.05, 0.1) is 4.88 Å². The Labute approximate surface area is 152 Å². The van der Waals surface area contributed by atoms with Crippen molar-refractivity contribution >= 4 is 33.4 Å². The monoisotopic (exact) mass is 360 g/mol. The van der Waals surface area contributed by atoms with Gasteiger partial charge in [-0.25, -0.2) is 4.79 Å². The summed E-state index contributed by atoms with van der Waals surface area (Å²) in [4.78, 5) is 27.2. The molecule has 2 aromatic rings. The number of rotatable bonds is 2. The highest BCUT2D eigenvalue weighted by Gasteiger charge is 2.27. The molecule has 1 fully saturated rings. The Kier molecular flexibility index (Phi) is 4.99. The summed E-state index contributed by atoms with van der Waals surface area (Å²) in [5, 5.41) is 4.01. The van der Waals surface area contributed by atoms with Crippen LogP contribution >= 0.6 is 11.3 Å². The van der Waals surface area contributed by atoms with E-state index in [9.17, 15) is 9.59 Å². The molecule has 2 amide bonds. The third kappa shape index (κ3) is 4.51. The van der Waals surface area contributed by atoms with Crippen LogP contribution in [0.5, 0.6) is 0 Å². The molecule has 0 unspecified atom stereocenters. The highest BCUT2D eigenvalue weighted by molar-refractivity contribution is 7.20. The highest BCUT2D eigenvalue weighted by Crippen LogP contribution is 2.27. The van der Waals surface area contributed by atoms with Gasteiger partial charge in [-0.1, -0.05) is 18.2 Å². The molecule has 25 heavy (non-hydrogen) atoms. The Morgan fingerprint density at radius 3 is 2.52 bits per heavy atom. The Hall–Kier alpha value is -2.08. The van der Waals surface area contributed by atoms with Gasteiger partial charge in [-0.2, -0.15) is 0 Å². The van der Waals surface area contributed by atoms with Crippen LogP contribution in [-0.4, -0.2) is 41.6 Å². The molecule has 1 aromatic carbocycles. The standard InChI is InChI=1S/C19H24N2O3S/c1-19(2,3)24-18(23)20-14-8-10-21(11-9-14)17(22)16-12-13-6-4-5-7-15(13)25-16/h4-7,12,14H,8-11H2,1-3H3,(H,20,23). The van der Waals surface area contributed by atoms with Gasteiger partial charge in [0.15, 0.2) is 0 Å². The molecule has 5 nitrogen and oxygen atoms in total. The second-order valence-corrected chi connectivity index (χ2v) is 8.44. The van der Waals surface area contributed by atoms with E-state index < -0.39 is 5.60 Å². The van der Waals surface area contributed by atoms with Crippen molar-refractivity contribution < 1.29 is 14.3 Å². The molecule has 0 radical (unpaired) electrons. The predicted octanol–water partition coefficient (Wildman–Crippen LogP) is 4.03. The zero-order chi connectivity index (χ0) is 18.0. The Bertz CT molecular complexity index is 737. The molecule has 0 saturated carbocycles. The van der Waals surface area contributed by atoms with Gasteiger partial charge in [0.1, 0.15) is 5.60 Å². The minimum atomic E-state index is -0.498. The van der Waals surface area contributed by atoms with Crippen LogP contribution in [0.25, 0.3) is 10.1 Å². The second-order valence-electron chi connectivity index (χ2n) is 7.36. The fourth-order valence-electron chi connectivity index (χ4n) is 2.94. The van der Waals surface area contributed by atoms with Gasteiger partial charge in [0, 0.05) is 23.8 Å². The number of nitrogens with zero attached hydrogens (tertiary/aromatic N) is 1. The highest BCUT2D eigenvalue weighted by atomic mass is 32.1. The van der Waals surface area contributed by atoms with E-state index in [4.69, 9.17) is 4.74 Å². The number of nitrogens with one attached hydrogen (secondary N) is 1. The van der Waals surface area contributed by atoms with Crippen molar-refractivity contribution in [3.63, 3.8) is 0 Å². The van der Waals surface area contributed by atoms with Crippen molar-refractivity contribution in [2.75, 3.05) is 13.1 Å². The van der Waals surface area contributed by atoms with Gasteiger partial charge in [-0.05, 0) is 51.1 Å². The maximum absolute atomic E-state index is 12.7. The number of alkyl carbamates (subject to hydrolysis) is 1. The molecule has 0 spiro atoms. The van der Waals surface area contributed by atoms with Gasteiger partial charge in [-0.3, -0.25) is 4.79 Å². The predicted molar refractivity (Wildman–Crippen MR) is 100 cm³/mol. The van der Waals surface area contributed by atoms with Crippen LogP contribution in [0.4, 0.5) is 4.79 Å². The number of benzene rings is 1. The molecular weight excluding hydrogens is 336 g/mol. The lowest BCUT2D eigenvalue weighted by Gasteiger charge is -2.32. The SMILES string of the molecule is CC(C)(C)OC(=O)NC1CCN(C(=O)c2cc3ccccc3s2)CC1. The molecule has 1 aliphatic rings. The molecule has 3 rings (SSSR count). The summed E-state index contributed by atoms with van der Waals surface area (Å²) in [7, 11) is 0. The maximum atomic E-state index is 12.7. The number of piperidine rings is 1. The Balaban J connectivity index is 1.55. The van der Waals surface area contributed by atoms with Crippen LogP contribution in [0.1, 0.15) is 43.3 Å². The third-order valence-electron chi connectivity index (χ3n) is 4.14. The van der Waals surface area contributed by atoms with Crippen molar-refractivity contribution in [2.24, 2.45) is 0 Å². The summed E-state index contributed by atoms with van der Waals surface area (Å²) in [5.74, 6) is 0.0805. The molecule has 0 aliphatic carbocycles. The number of ether oxygens (including phenoxy) is 1. The normalized spacial score (nSPS) is 16.0. The maximum Gasteiger partial charge on any atom is 0.407 e. The first-order valence-corrected chi connectivity index (χ1v) is 9.41. The number of thiophene rings is 1. The van der Waals surface area contributed by atoms with Gasteiger partial charge in [0.2, 0.25) is 0 Å². The van der Waals surface area contributed by atoms with E-state index in [1.165, 1.54) is 11.3 Å². The van der Waals surface area contributed by atoms with Crippen LogP contribution in [0.3, 0.4) is 0 Å². The number of fused-ring (bicyclic) bond motifs is 1. The topological polar surface area (TPSA) is 58.6 Å². The van der Waals surface area contributed by atoms with E-state index in [2.05, 4.69) is 5.32 Å². The van der Waals surface area contributed by atoms with E-state index in [0.29, 0.717) is 13.1 Å². The van der Waals surface area contributed by atoms with E-state index in [0.717, 1.165) is 27.8 Å². The molecule has 1 aliphatic heterocycles. The molecule has 2 heterocycles. The molecule has 1 N–H and O–H groups in total. The van der Waals surface area contributed by atoms with Gasteiger partial charge < -0.3 is 15.0 Å². The fraction of sp³-hybridized carbons (Fsp3) is 0.474. The Morgan fingerprint density at radius 2 is 1.88 bits per heavy atom. The number of carbonyl (C=O) groups excluding carboxylic acids is 2. The lowest BCUT2D eigenvalue weighted by molar-refractivity contribution is 0.0474. The van der Waals surface area contributed by atoms with Crippen LogP contribution in [-0.2, 0) is 4.74 Å². The lowest BCUT2D eigenvalue weighted by Crippen LogP contribution is -2.47. The van der Waals surface area contributed by atoms with Gasteiger partial charge >= 0.3 is 6.09 Å². The minimum absolute atomic E-state index is 0.0568. The van der Waals surface area contributed by atoms with Gasteiger partial charge in [-0.15, -0.1) is 11.3 Å². The summed E-state index contributed by atoms with van der Waals surface area (Å²) in [5.41, 5.74) is -0.498. The van der Waals surface area contributed by atoms with Crippen molar-refractivity contribution in [1.29, 1.82) is 0 Å². The zero-order valence-electron chi connectivity index (χ0n) is 14.9. The number of amides is 2. The van der Waals surface area contributed by atoms with Crippen LogP contribution in [0, 0.1) is 0 Å². The number of hydrogen-bond acceptors (Lipinski definition) is 4. The van der Waals surface area contributed by atoms with E-state index in [1.807, 2.05) is 56.0 Å². The van der Waals surface area contributed by atoms with Gasteiger partial charge in [0.25, 0.3) is 5.91 Å². The molecular formula is C19H24N2O3S. The summed E-state index contributed by atoms with van der Waals surface area (Å²) in [6, 6.07) is 10.1. The average molecular weight is 360 g/mol. The van der Waals surface area contributed by atoms with Crippen molar-refractivity contribution in [1.82, 2.24) is 10.2 Å². The molecule has 134 valence electrons. The first kappa shape index (κ1) is 17.7. The number of hydrogen-bond donors (Lipinski definition) is 1. The quantitative estimate of drug-likeness (QED) is 0.880. The van der Waals surface area contributed by atoms with Crippen LogP contribution in [0.15, 0.2) is 30.3 Å². The average Bonchev–Trinajstić information content (AvgIpc) is 2.97. The minimum Gasteiger partial charge on any atom is -0.444 e. The van der Waals surface area contributed by atoms with Crippen molar-refractivity contribution in [3.05, 3.63) is 35.2 Å². The fourth-order valence-corrected chi connectivity index (χ4v) is 3.97. The summed E-state index contributed by atoms with van der Waals surface area (Å²) >= 11 is 1.54. The first-order valence-electron chi connectivity index (χ1n) is 8.59. The summed E-state index contributed by atoms with van der Waals surface area (Å²) < 4.78 is 6.42. The van der Waals surface area contributed by atoms with E-state index >= 15 is 0 Å². The molecule has 1 aromatic heterocycles. The number of carbonyl (C=O) groups is 2. The van der Waals surface area contributed by atoms with Crippen LogP contribution < -0.4 is 5.32 Å². The van der Waals surface area contributed by atoms with Crippen molar-refractivity contribution in [2.45, 2.75) is 45.3 Å². The van der Waals surface area contributed by atoms with Crippen molar-refractivity contribution in [3.8, 4) is 0 Å². The first-order chi connectivity index (χ1) is 11.8. The lowest BCUT2D eigenvalue weighted by atomic mass is 10.1. The second kappa shape index (κ2) is 7.04. The van der Waals surface area contributed by atoms with E-state index in [1.54, 1.807) is 0 Å². The summed E-state index contributed by atoms with van der Waals surface area (Å²) in [6.45, 7) is 6.83. The molecule has 1 saturated heterocycles. The Morgan fingerprint density at radius 1 is 1.20 bits per heavy atom. The number of likely N-dealkylation sites (tertiary alicyclic amines) is 1. The molecule has 0 bridgehead atoms. The van der Waals surface area contributed by atoms with E-state index in [-0.39, 0.29) is 18.0 Å². The molecule has 6 heteroatoms. The summed E-state index contributed by atoms with van der Waals surface area (Å²) in [6.07, 6.45) is 1.10. The zero-order valence-corrected chi connectivity index (χ0v) is 15.7.